The van der Waals surface area contributed by atoms with Crippen molar-refractivity contribution >= 4 is 27.5 Å². The largest absolute Gasteiger partial charge is 0.497 e. The molecule has 1 aliphatic carbocycles. The second-order valence-corrected chi connectivity index (χ2v) is 12.4. The molecule has 0 radical (unpaired) electrons. The number of aryl methyl sites for hydroxylation is 1. The molecule has 0 bridgehead atoms. The molecule has 3 aromatic rings. The third-order valence-corrected chi connectivity index (χ3v) is 9.31. The molecule has 0 spiro atoms. The molecule has 1 unspecified atom stereocenters. The van der Waals surface area contributed by atoms with Gasteiger partial charge in [-0.15, -0.1) is 0 Å². The Kier molecular flexibility index (Phi) is 10.0. The minimum Gasteiger partial charge on any atom is -0.497 e. The summed E-state index contributed by atoms with van der Waals surface area (Å²) in [6.07, 6.45) is 5.15. The number of nitrogens with zero attached hydrogens (tertiary/aromatic N) is 2. The molecule has 2 amide bonds. The van der Waals surface area contributed by atoms with E-state index < -0.39 is 28.5 Å². The van der Waals surface area contributed by atoms with E-state index in [9.17, 15) is 18.0 Å². The molecular formula is C32H39N3O5S. The summed E-state index contributed by atoms with van der Waals surface area (Å²) < 4.78 is 34.1. The number of para-hydroxylation sites is 1. The highest BCUT2D eigenvalue weighted by Gasteiger charge is 2.33. The molecule has 3 aromatic carbocycles. The third-order valence-electron chi connectivity index (χ3n) is 7.52. The van der Waals surface area contributed by atoms with Crippen molar-refractivity contribution in [3.05, 3.63) is 90.0 Å². The highest BCUT2D eigenvalue weighted by molar-refractivity contribution is 7.92. The summed E-state index contributed by atoms with van der Waals surface area (Å²) in [5.41, 5.74) is 2.24. The molecule has 1 aliphatic rings. The van der Waals surface area contributed by atoms with Crippen LogP contribution in [0.5, 0.6) is 5.75 Å². The lowest BCUT2D eigenvalue weighted by atomic mass is 9.95. The first kappa shape index (κ1) is 30.1. The van der Waals surface area contributed by atoms with E-state index in [0.717, 1.165) is 47.5 Å². The minimum atomic E-state index is -4.13. The van der Waals surface area contributed by atoms with Crippen LogP contribution in [-0.4, -0.2) is 50.9 Å². The van der Waals surface area contributed by atoms with E-state index in [1.54, 1.807) is 49.4 Å². The number of anilines is 1. The van der Waals surface area contributed by atoms with Crippen LogP contribution >= 0.6 is 0 Å². The van der Waals surface area contributed by atoms with Gasteiger partial charge in [0, 0.05) is 12.6 Å². The molecule has 1 N–H and O–H groups in total. The van der Waals surface area contributed by atoms with Crippen LogP contribution in [-0.2, 0) is 26.2 Å². The maximum atomic E-state index is 14.1. The van der Waals surface area contributed by atoms with E-state index >= 15 is 0 Å². The molecule has 1 saturated carbocycles. The maximum absolute atomic E-state index is 14.1. The van der Waals surface area contributed by atoms with Gasteiger partial charge in [0.1, 0.15) is 18.3 Å². The van der Waals surface area contributed by atoms with Crippen LogP contribution in [0.4, 0.5) is 5.69 Å². The van der Waals surface area contributed by atoms with Gasteiger partial charge in [-0.05, 0) is 68.7 Å². The van der Waals surface area contributed by atoms with E-state index in [1.165, 1.54) is 24.1 Å². The Bertz CT molecular complexity index is 1420. The standard InChI is InChI=1S/C32H39N3O5S/c1-24-11-10-12-26(21-24)22-34(25(2)32(37)33-27-13-6-4-7-14-27)31(36)23-35(28-15-8-5-9-16-28)41(38,39)30-19-17-29(40-3)18-20-30/h5,8-12,15-21,25,27H,4,6-7,13-14,22-23H2,1-3H3,(H,33,37). The quantitative estimate of drug-likeness (QED) is 0.344. The zero-order valence-electron chi connectivity index (χ0n) is 24.0. The van der Waals surface area contributed by atoms with Crippen molar-refractivity contribution in [3.8, 4) is 5.75 Å². The summed E-state index contributed by atoms with van der Waals surface area (Å²) in [5.74, 6) is -0.186. The third kappa shape index (κ3) is 7.67. The van der Waals surface area contributed by atoms with E-state index in [4.69, 9.17) is 4.74 Å². The topological polar surface area (TPSA) is 96.0 Å². The number of rotatable bonds is 11. The van der Waals surface area contributed by atoms with Crippen molar-refractivity contribution < 1.29 is 22.7 Å². The molecule has 9 heteroatoms. The fourth-order valence-corrected chi connectivity index (χ4v) is 6.57. The fraction of sp³-hybridized carbons (Fsp3) is 0.375. The highest BCUT2D eigenvalue weighted by atomic mass is 32.2. The Morgan fingerprint density at radius 1 is 0.951 bits per heavy atom. The van der Waals surface area contributed by atoms with Crippen LogP contribution in [0.15, 0.2) is 83.8 Å². The van der Waals surface area contributed by atoms with Crippen molar-refractivity contribution in [3.63, 3.8) is 0 Å². The van der Waals surface area contributed by atoms with Gasteiger partial charge in [-0.25, -0.2) is 8.42 Å². The van der Waals surface area contributed by atoms with Crippen molar-refractivity contribution in [2.75, 3.05) is 18.0 Å². The summed E-state index contributed by atoms with van der Waals surface area (Å²) in [4.78, 5) is 29.0. The molecule has 0 heterocycles. The van der Waals surface area contributed by atoms with Gasteiger partial charge >= 0.3 is 0 Å². The predicted octanol–water partition coefficient (Wildman–Crippen LogP) is 5.07. The number of hydrogen-bond donors (Lipinski definition) is 1. The summed E-state index contributed by atoms with van der Waals surface area (Å²) >= 11 is 0. The Labute approximate surface area is 243 Å². The van der Waals surface area contributed by atoms with Crippen LogP contribution < -0.4 is 14.4 Å². The zero-order valence-corrected chi connectivity index (χ0v) is 24.8. The van der Waals surface area contributed by atoms with Gasteiger partial charge in [0.25, 0.3) is 10.0 Å². The number of ether oxygens (including phenoxy) is 1. The molecule has 1 fully saturated rings. The summed E-state index contributed by atoms with van der Waals surface area (Å²) in [6, 6.07) is 21.6. The first-order chi connectivity index (χ1) is 19.7. The highest BCUT2D eigenvalue weighted by Crippen LogP contribution is 2.26. The maximum Gasteiger partial charge on any atom is 0.264 e. The smallest absolute Gasteiger partial charge is 0.264 e. The molecule has 8 nitrogen and oxygen atoms in total. The lowest BCUT2D eigenvalue weighted by Gasteiger charge is -2.33. The minimum absolute atomic E-state index is 0.0308. The van der Waals surface area contributed by atoms with Crippen LogP contribution in [0.1, 0.15) is 50.2 Å². The second kappa shape index (κ2) is 13.7. The number of carbonyl (C=O) groups excluding carboxylic acids is 2. The van der Waals surface area contributed by atoms with Gasteiger partial charge < -0.3 is 15.0 Å². The van der Waals surface area contributed by atoms with Crippen molar-refractivity contribution in [1.29, 1.82) is 0 Å². The Morgan fingerprint density at radius 2 is 1.63 bits per heavy atom. The SMILES string of the molecule is COc1ccc(S(=O)(=O)N(CC(=O)N(Cc2cccc(C)c2)C(C)C(=O)NC2CCCCC2)c2ccccc2)cc1. The van der Waals surface area contributed by atoms with Gasteiger partial charge in [0.15, 0.2) is 0 Å². The number of carbonyl (C=O) groups is 2. The van der Waals surface area contributed by atoms with Gasteiger partial charge in [-0.1, -0.05) is 67.3 Å². The van der Waals surface area contributed by atoms with E-state index in [-0.39, 0.29) is 23.4 Å². The van der Waals surface area contributed by atoms with Gasteiger partial charge in [-0.3, -0.25) is 13.9 Å². The number of nitrogens with one attached hydrogen (secondary N) is 1. The molecule has 0 saturated heterocycles. The van der Waals surface area contributed by atoms with Crippen LogP contribution in [0.2, 0.25) is 0 Å². The van der Waals surface area contributed by atoms with Gasteiger partial charge in [-0.2, -0.15) is 0 Å². The average molecular weight is 578 g/mol. The molecule has 41 heavy (non-hydrogen) atoms. The lowest BCUT2D eigenvalue weighted by Crippen LogP contribution is -2.53. The Morgan fingerprint density at radius 3 is 2.27 bits per heavy atom. The number of benzene rings is 3. The van der Waals surface area contributed by atoms with E-state index in [2.05, 4.69) is 5.32 Å². The van der Waals surface area contributed by atoms with Crippen molar-refractivity contribution in [1.82, 2.24) is 10.2 Å². The van der Waals surface area contributed by atoms with Gasteiger partial charge in [0.2, 0.25) is 11.8 Å². The van der Waals surface area contributed by atoms with Crippen molar-refractivity contribution in [2.45, 2.75) is 69.5 Å². The average Bonchev–Trinajstić information content (AvgIpc) is 2.99. The first-order valence-electron chi connectivity index (χ1n) is 14.1. The number of methoxy groups -OCH3 is 1. The fourth-order valence-electron chi connectivity index (χ4n) is 5.16. The molecular weight excluding hydrogens is 538 g/mol. The molecule has 1 atom stereocenters. The second-order valence-electron chi connectivity index (χ2n) is 10.6. The zero-order chi connectivity index (χ0) is 29.4. The summed E-state index contributed by atoms with van der Waals surface area (Å²) in [7, 11) is -2.62. The van der Waals surface area contributed by atoms with Gasteiger partial charge in [0.05, 0.1) is 17.7 Å². The predicted molar refractivity (Wildman–Crippen MR) is 160 cm³/mol. The first-order valence-corrected chi connectivity index (χ1v) is 15.5. The summed E-state index contributed by atoms with van der Waals surface area (Å²) in [5, 5.41) is 3.13. The lowest BCUT2D eigenvalue weighted by molar-refractivity contribution is -0.139. The van der Waals surface area contributed by atoms with Crippen molar-refractivity contribution in [2.24, 2.45) is 0 Å². The monoisotopic (exact) mass is 577 g/mol. The molecule has 4 rings (SSSR count). The number of sulfonamides is 1. The number of amides is 2. The molecule has 0 aromatic heterocycles. The van der Waals surface area contributed by atoms with E-state index in [0.29, 0.717) is 11.4 Å². The Hall–Kier alpha value is -3.85. The molecule has 218 valence electrons. The van der Waals surface area contributed by atoms with E-state index in [1.807, 2.05) is 31.2 Å². The molecule has 0 aliphatic heterocycles. The van der Waals surface area contributed by atoms with Crippen LogP contribution in [0.25, 0.3) is 0 Å². The number of hydrogen-bond acceptors (Lipinski definition) is 5. The van der Waals surface area contributed by atoms with Crippen LogP contribution in [0.3, 0.4) is 0 Å². The van der Waals surface area contributed by atoms with Crippen LogP contribution in [0, 0.1) is 6.92 Å². The normalized spacial score (nSPS) is 14.6. The Balaban J connectivity index is 1.65. The summed E-state index contributed by atoms with van der Waals surface area (Å²) in [6.45, 7) is 3.38.